The van der Waals surface area contributed by atoms with Crippen LogP contribution < -0.4 is 5.32 Å². The molecule has 0 saturated carbocycles. The summed E-state index contributed by atoms with van der Waals surface area (Å²) in [7, 11) is 0. The van der Waals surface area contributed by atoms with Gasteiger partial charge in [-0.2, -0.15) is 0 Å². The van der Waals surface area contributed by atoms with Crippen LogP contribution in [-0.2, 0) is 4.79 Å². The molecule has 0 bridgehead atoms. The molecule has 2 nitrogen and oxygen atoms in total. The normalized spacial score (nSPS) is 26.7. The minimum Gasteiger partial charge on any atom is -0.330 e. The molecule has 1 rings (SSSR count). The molecule has 0 aliphatic carbocycles. The van der Waals surface area contributed by atoms with E-state index in [0.29, 0.717) is 0 Å². The van der Waals surface area contributed by atoms with Gasteiger partial charge in [-0.15, -0.1) is 0 Å². The second kappa shape index (κ2) is 2.45. The average Bonchev–Trinajstić information content (AvgIpc) is 1.84. The van der Waals surface area contributed by atoms with Crippen molar-refractivity contribution in [3.8, 4) is 0 Å². The predicted octanol–water partition coefficient (Wildman–Crippen LogP) is 1.44. The van der Waals surface area contributed by atoms with Crippen LogP contribution in [0.4, 0.5) is 0 Å². The van der Waals surface area contributed by atoms with Gasteiger partial charge in [-0.3, -0.25) is 4.79 Å². The molecule has 1 amide bonds. The maximum absolute atomic E-state index is 11.0. The van der Waals surface area contributed by atoms with Crippen LogP contribution in [0.5, 0.6) is 0 Å². The summed E-state index contributed by atoms with van der Waals surface area (Å²) in [4.78, 5) is 11.0. The second-order valence-corrected chi connectivity index (χ2v) is 3.00. The average molecular weight is 139 g/mol. The fraction of sp³-hybridized carbons (Fsp3) is 0.625. The van der Waals surface area contributed by atoms with Gasteiger partial charge in [0.2, 0.25) is 5.91 Å². The molecule has 1 atom stereocenters. The Kier molecular flexibility index (Phi) is 1.79. The van der Waals surface area contributed by atoms with Crippen LogP contribution in [0.1, 0.15) is 27.2 Å². The molecule has 1 aliphatic heterocycles. The van der Waals surface area contributed by atoms with Crippen LogP contribution in [0.3, 0.4) is 0 Å². The summed E-state index contributed by atoms with van der Waals surface area (Å²) in [6, 6.07) is 0. The fourth-order valence-corrected chi connectivity index (χ4v) is 1.12. The van der Waals surface area contributed by atoms with E-state index in [4.69, 9.17) is 0 Å². The van der Waals surface area contributed by atoms with E-state index >= 15 is 0 Å². The topological polar surface area (TPSA) is 29.1 Å². The first-order chi connectivity index (χ1) is 4.61. The van der Waals surface area contributed by atoms with Crippen molar-refractivity contribution in [2.75, 3.05) is 0 Å². The molecule has 0 radical (unpaired) electrons. The molecule has 0 aromatic carbocycles. The van der Waals surface area contributed by atoms with Gasteiger partial charge in [-0.05, 0) is 20.3 Å². The molecule has 1 N–H and O–H groups in total. The van der Waals surface area contributed by atoms with Gasteiger partial charge >= 0.3 is 0 Å². The Morgan fingerprint density at radius 3 is 2.60 bits per heavy atom. The standard InChI is InChI=1S/C8H13NO/c1-5-4-6(2)8(10)9-7(5)3/h6H,4H2,1-3H3,(H,9,10). The Morgan fingerprint density at radius 1 is 1.50 bits per heavy atom. The van der Waals surface area contributed by atoms with E-state index in [9.17, 15) is 4.79 Å². The molecule has 0 aromatic heterocycles. The van der Waals surface area contributed by atoms with E-state index in [1.165, 1.54) is 5.57 Å². The molecule has 1 heterocycles. The third-order valence-corrected chi connectivity index (χ3v) is 2.01. The molecule has 56 valence electrons. The van der Waals surface area contributed by atoms with Gasteiger partial charge in [0.05, 0.1) is 0 Å². The molecule has 0 spiro atoms. The highest BCUT2D eigenvalue weighted by Crippen LogP contribution is 2.18. The van der Waals surface area contributed by atoms with Gasteiger partial charge in [0, 0.05) is 11.6 Å². The van der Waals surface area contributed by atoms with Crippen molar-refractivity contribution < 1.29 is 4.79 Å². The number of carbonyl (C=O) groups excluding carboxylic acids is 1. The Hall–Kier alpha value is -0.790. The first-order valence-corrected chi connectivity index (χ1v) is 3.58. The highest BCUT2D eigenvalue weighted by Gasteiger charge is 2.19. The number of carbonyl (C=O) groups is 1. The van der Waals surface area contributed by atoms with E-state index in [1.54, 1.807) is 0 Å². The Bertz CT molecular complexity index is 193. The fourth-order valence-electron chi connectivity index (χ4n) is 1.12. The summed E-state index contributed by atoms with van der Waals surface area (Å²) >= 11 is 0. The highest BCUT2D eigenvalue weighted by atomic mass is 16.1. The number of nitrogens with one attached hydrogen (secondary N) is 1. The summed E-state index contributed by atoms with van der Waals surface area (Å²) in [5, 5.41) is 2.82. The maximum Gasteiger partial charge on any atom is 0.227 e. The molecule has 1 aliphatic rings. The lowest BCUT2D eigenvalue weighted by atomic mass is 9.96. The Labute approximate surface area is 61.3 Å². The predicted molar refractivity (Wildman–Crippen MR) is 40.3 cm³/mol. The number of allylic oxidation sites excluding steroid dienone is 2. The molecule has 0 fully saturated rings. The zero-order valence-electron chi connectivity index (χ0n) is 6.69. The van der Waals surface area contributed by atoms with Crippen LogP contribution in [-0.4, -0.2) is 5.91 Å². The largest absolute Gasteiger partial charge is 0.330 e. The number of hydrogen-bond acceptors (Lipinski definition) is 1. The quantitative estimate of drug-likeness (QED) is 0.540. The lowest BCUT2D eigenvalue weighted by Crippen LogP contribution is -2.32. The minimum absolute atomic E-state index is 0.156. The zero-order valence-corrected chi connectivity index (χ0v) is 6.69. The number of rotatable bonds is 0. The van der Waals surface area contributed by atoms with E-state index < -0.39 is 0 Å². The third kappa shape index (κ3) is 1.20. The summed E-state index contributed by atoms with van der Waals surface area (Å²) in [5.74, 6) is 0.312. The van der Waals surface area contributed by atoms with Crippen molar-refractivity contribution >= 4 is 5.91 Å². The summed E-state index contributed by atoms with van der Waals surface area (Å²) in [5.41, 5.74) is 2.33. The van der Waals surface area contributed by atoms with E-state index in [2.05, 4.69) is 12.2 Å². The zero-order chi connectivity index (χ0) is 7.72. The SMILES string of the molecule is CC1=C(C)NC(=O)C(C)C1. The van der Waals surface area contributed by atoms with Crippen molar-refractivity contribution in [1.82, 2.24) is 5.32 Å². The number of hydrogen-bond donors (Lipinski definition) is 1. The lowest BCUT2D eigenvalue weighted by molar-refractivity contribution is -0.124. The van der Waals surface area contributed by atoms with Gasteiger partial charge in [-0.1, -0.05) is 12.5 Å². The van der Waals surface area contributed by atoms with Crippen LogP contribution in [0.15, 0.2) is 11.3 Å². The summed E-state index contributed by atoms with van der Waals surface area (Å²) in [6.45, 7) is 5.95. The minimum atomic E-state index is 0.156. The summed E-state index contributed by atoms with van der Waals surface area (Å²) < 4.78 is 0. The van der Waals surface area contributed by atoms with Crippen molar-refractivity contribution in [1.29, 1.82) is 0 Å². The highest BCUT2D eigenvalue weighted by molar-refractivity contribution is 5.81. The van der Waals surface area contributed by atoms with Crippen molar-refractivity contribution in [3.05, 3.63) is 11.3 Å². The molecule has 1 unspecified atom stereocenters. The van der Waals surface area contributed by atoms with Crippen LogP contribution in [0.25, 0.3) is 0 Å². The van der Waals surface area contributed by atoms with Gasteiger partial charge in [-0.25, -0.2) is 0 Å². The lowest BCUT2D eigenvalue weighted by Gasteiger charge is -2.20. The molecule has 0 saturated heterocycles. The second-order valence-electron chi connectivity index (χ2n) is 3.00. The van der Waals surface area contributed by atoms with E-state index in [0.717, 1.165) is 12.1 Å². The van der Waals surface area contributed by atoms with Crippen molar-refractivity contribution in [2.45, 2.75) is 27.2 Å². The van der Waals surface area contributed by atoms with E-state index in [1.807, 2.05) is 13.8 Å². The maximum atomic E-state index is 11.0. The monoisotopic (exact) mass is 139 g/mol. The van der Waals surface area contributed by atoms with Gasteiger partial charge < -0.3 is 5.32 Å². The van der Waals surface area contributed by atoms with Gasteiger partial charge in [0.15, 0.2) is 0 Å². The molecule has 10 heavy (non-hydrogen) atoms. The third-order valence-electron chi connectivity index (χ3n) is 2.01. The summed E-state index contributed by atoms with van der Waals surface area (Å²) in [6.07, 6.45) is 0.914. The smallest absolute Gasteiger partial charge is 0.227 e. The van der Waals surface area contributed by atoms with Crippen molar-refractivity contribution in [2.24, 2.45) is 5.92 Å². The van der Waals surface area contributed by atoms with Crippen molar-refractivity contribution in [3.63, 3.8) is 0 Å². The van der Waals surface area contributed by atoms with Gasteiger partial charge in [0.1, 0.15) is 0 Å². The van der Waals surface area contributed by atoms with Gasteiger partial charge in [0.25, 0.3) is 0 Å². The van der Waals surface area contributed by atoms with Crippen LogP contribution >= 0.6 is 0 Å². The molecular weight excluding hydrogens is 126 g/mol. The van der Waals surface area contributed by atoms with Crippen LogP contribution in [0.2, 0.25) is 0 Å². The first-order valence-electron chi connectivity index (χ1n) is 3.58. The van der Waals surface area contributed by atoms with E-state index in [-0.39, 0.29) is 11.8 Å². The van der Waals surface area contributed by atoms with Crippen LogP contribution in [0, 0.1) is 5.92 Å². The molecular formula is C8H13NO. The Balaban J connectivity index is 2.79. The number of amides is 1. The Morgan fingerprint density at radius 2 is 2.10 bits per heavy atom. The first kappa shape index (κ1) is 7.32. The molecule has 2 heteroatoms. The molecule has 0 aromatic rings.